The van der Waals surface area contributed by atoms with Crippen LogP contribution in [0.3, 0.4) is 0 Å². The van der Waals surface area contributed by atoms with E-state index in [9.17, 15) is 14.7 Å². The first kappa shape index (κ1) is 21.9. The summed E-state index contributed by atoms with van der Waals surface area (Å²) in [6.45, 7) is 6.08. The molecule has 178 valence electrons. The summed E-state index contributed by atoms with van der Waals surface area (Å²) < 4.78 is 0. The standard InChI is InChI=1S/C27H35ClN2O3/c1-26(2,30-13-19-9-21(22(19)14-30)16-3-5-20(28)6-4-16)24(31)29-23-17-7-15-8-18(23)12-27(10-15,11-17)25(32)33/h3-6,15,17-19,21-23H,7-14H2,1-2H3,(H,29,31)(H,32,33)/t15?,17?,18?,19-,21-,22+,23?,27?/m0/s1. The number of carbonyl (C=O) groups is 2. The maximum atomic E-state index is 13.6. The zero-order chi connectivity index (χ0) is 23.1. The van der Waals surface area contributed by atoms with Gasteiger partial charge >= 0.3 is 5.97 Å². The van der Waals surface area contributed by atoms with Gasteiger partial charge in [-0.15, -0.1) is 0 Å². The van der Waals surface area contributed by atoms with Crippen molar-refractivity contribution in [3.63, 3.8) is 0 Å². The molecule has 0 spiro atoms. The number of fused-ring (bicyclic) bond motifs is 1. The van der Waals surface area contributed by atoms with Crippen molar-refractivity contribution < 1.29 is 14.7 Å². The van der Waals surface area contributed by atoms with Crippen molar-refractivity contribution in [2.45, 2.75) is 69.9 Å². The van der Waals surface area contributed by atoms with Gasteiger partial charge in [-0.2, -0.15) is 0 Å². The lowest BCUT2D eigenvalue weighted by molar-refractivity contribution is -0.168. The van der Waals surface area contributed by atoms with Gasteiger partial charge in [-0.05, 0) is 106 Å². The highest BCUT2D eigenvalue weighted by Gasteiger charge is 2.59. The molecule has 1 aromatic rings. The van der Waals surface area contributed by atoms with Crippen LogP contribution in [-0.4, -0.2) is 46.6 Å². The molecule has 6 fully saturated rings. The van der Waals surface area contributed by atoms with Crippen LogP contribution in [0.4, 0.5) is 0 Å². The zero-order valence-electron chi connectivity index (χ0n) is 19.6. The van der Waals surface area contributed by atoms with E-state index in [0.717, 1.165) is 50.2 Å². The van der Waals surface area contributed by atoms with Gasteiger partial charge < -0.3 is 10.4 Å². The molecule has 2 unspecified atom stereocenters. The topological polar surface area (TPSA) is 69.6 Å². The second-order valence-corrected chi connectivity index (χ2v) is 12.8. The molecule has 5 nitrogen and oxygen atoms in total. The van der Waals surface area contributed by atoms with Crippen molar-refractivity contribution >= 4 is 23.5 Å². The summed E-state index contributed by atoms with van der Waals surface area (Å²) in [5.41, 5.74) is 0.282. The van der Waals surface area contributed by atoms with E-state index < -0.39 is 16.9 Å². The Kier molecular flexibility index (Phi) is 4.95. The lowest BCUT2D eigenvalue weighted by Crippen LogP contribution is -2.64. The lowest BCUT2D eigenvalue weighted by atomic mass is 9.48. The smallest absolute Gasteiger partial charge is 0.309 e. The monoisotopic (exact) mass is 470 g/mol. The SMILES string of the molecule is CC(C)(C(=O)NC1C2CC3CC1CC(C(=O)O)(C3)C2)N1C[C@@H]2C[C@@H](c3ccc(Cl)cc3)[C@@H]2C1. The highest BCUT2D eigenvalue weighted by molar-refractivity contribution is 6.30. The van der Waals surface area contributed by atoms with Gasteiger partial charge in [0.2, 0.25) is 5.91 Å². The Morgan fingerprint density at radius 2 is 1.70 bits per heavy atom. The van der Waals surface area contributed by atoms with Crippen molar-refractivity contribution in [2.24, 2.45) is 35.0 Å². The average molecular weight is 471 g/mol. The summed E-state index contributed by atoms with van der Waals surface area (Å²) in [7, 11) is 0. The van der Waals surface area contributed by atoms with Gasteiger partial charge in [-0.25, -0.2) is 0 Å². The predicted octanol–water partition coefficient (Wildman–Crippen LogP) is 4.55. The molecule has 0 radical (unpaired) electrons. The van der Waals surface area contributed by atoms with E-state index in [2.05, 4.69) is 36.2 Å². The highest BCUT2D eigenvalue weighted by atomic mass is 35.5. The number of carboxylic acid groups (broad SMARTS) is 1. The molecular weight excluding hydrogens is 436 g/mol. The summed E-state index contributed by atoms with van der Waals surface area (Å²) in [4.78, 5) is 28.0. The normalized spacial score (nSPS) is 41.5. The van der Waals surface area contributed by atoms with Gasteiger partial charge in [0.15, 0.2) is 0 Å². The second-order valence-electron chi connectivity index (χ2n) is 12.3. The maximum absolute atomic E-state index is 13.6. The first-order chi connectivity index (χ1) is 15.7. The van der Waals surface area contributed by atoms with E-state index in [4.69, 9.17) is 11.6 Å². The molecule has 2 N–H and O–H groups in total. The quantitative estimate of drug-likeness (QED) is 0.662. The van der Waals surface area contributed by atoms with Crippen LogP contribution in [0.2, 0.25) is 5.02 Å². The van der Waals surface area contributed by atoms with Gasteiger partial charge in [-0.1, -0.05) is 23.7 Å². The number of aliphatic carboxylic acids is 1. The number of carboxylic acids is 1. The molecule has 4 bridgehead atoms. The Bertz CT molecular complexity index is 960. The van der Waals surface area contributed by atoms with Crippen molar-refractivity contribution in [1.29, 1.82) is 0 Å². The number of rotatable bonds is 5. The van der Waals surface area contributed by atoms with Crippen LogP contribution in [0, 0.1) is 35.0 Å². The van der Waals surface area contributed by atoms with E-state index in [1.165, 1.54) is 12.0 Å². The van der Waals surface area contributed by atoms with E-state index >= 15 is 0 Å². The third-order valence-corrected chi connectivity index (χ3v) is 10.5. The van der Waals surface area contributed by atoms with Crippen LogP contribution in [0.5, 0.6) is 0 Å². The molecule has 5 aliphatic carbocycles. The number of benzene rings is 1. The first-order valence-corrected chi connectivity index (χ1v) is 13.1. The van der Waals surface area contributed by atoms with Gasteiger partial charge in [0.25, 0.3) is 0 Å². The number of amides is 1. The molecule has 6 heteroatoms. The fraction of sp³-hybridized carbons (Fsp3) is 0.704. The minimum Gasteiger partial charge on any atom is -0.481 e. The van der Waals surface area contributed by atoms with Crippen molar-refractivity contribution in [3.05, 3.63) is 34.9 Å². The average Bonchev–Trinajstić information content (AvgIpc) is 3.08. The van der Waals surface area contributed by atoms with E-state index in [1.54, 1.807) is 0 Å². The summed E-state index contributed by atoms with van der Waals surface area (Å²) in [5.74, 6) is 2.49. The maximum Gasteiger partial charge on any atom is 0.309 e. The number of nitrogens with one attached hydrogen (secondary N) is 1. The summed E-state index contributed by atoms with van der Waals surface area (Å²) in [6.07, 6.45) is 5.65. The van der Waals surface area contributed by atoms with Crippen LogP contribution < -0.4 is 5.32 Å². The van der Waals surface area contributed by atoms with Crippen LogP contribution in [-0.2, 0) is 9.59 Å². The molecule has 5 saturated carbocycles. The van der Waals surface area contributed by atoms with Crippen molar-refractivity contribution in [1.82, 2.24) is 10.2 Å². The molecular formula is C27H35ClN2O3. The fourth-order valence-corrected chi connectivity index (χ4v) is 8.58. The van der Waals surface area contributed by atoms with Gasteiger partial charge in [0.05, 0.1) is 11.0 Å². The number of hydrogen-bond acceptors (Lipinski definition) is 3. The number of likely N-dealkylation sites (tertiary alicyclic amines) is 1. The molecule has 1 aromatic carbocycles. The minimum atomic E-state index is -0.616. The Morgan fingerprint density at radius 3 is 2.33 bits per heavy atom. The predicted molar refractivity (Wildman–Crippen MR) is 127 cm³/mol. The van der Waals surface area contributed by atoms with Crippen LogP contribution in [0.25, 0.3) is 0 Å². The van der Waals surface area contributed by atoms with Gasteiger partial charge in [0.1, 0.15) is 0 Å². The Balaban J connectivity index is 1.12. The molecule has 1 saturated heterocycles. The Hall–Kier alpha value is -1.59. The lowest BCUT2D eigenvalue weighted by Gasteiger charge is -2.58. The fourth-order valence-electron chi connectivity index (χ4n) is 8.45. The van der Waals surface area contributed by atoms with E-state index in [0.29, 0.717) is 35.5 Å². The van der Waals surface area contributed by atoms with Crippen LogP contribution in [0.15, 0.2) is 24.3 Å². The molecule has 5 atom stereocenters. The van der Waals surface area contributed by atoms with Crippen LogP contribution in [0.1, 0.15) is 63.9 Å². The van der Waals surface area contributed by atoms with Crippen molar-refractivity contribution in [3.8, 4) is 0 Å². The van der Waals surface area contributed by atoms with Gasteiger partial charge in [0, 0.05) is 24.2 Å². The van der Waals surface area contributed by atoms with E-state index in [1.807, 2.05) is 12.1 Å². The van der Waals surface area contributed by atoms with Crippen molar-refractivity contribution in [2.75, 3.05) is 13.1 Å². The summed E-state index contributed by atoms with van der Waals surface area (Å²) in [5, 5.41) is 14.1. The Labute approximate surface area is 201 Å². The largest absolute Gasteiger partial charge is 0.481 e. The third-order valence-electron chi connectivity index (χ3n) is 10.2. The number of carbonyl (C=O) groups excluding carboxylic acids is 1. The second kappa shape index (κ2) is 7.45. The highest BCUT2D eigenvalue weighted by Crippen LogP contribution is 2.60. The molecule has 1 amide bonds. The zero-order valence-corrected chi connectivity index (χ0v) is 20.4. The molecule has 7 rings (SSSR count). The van der Waals surface area contributed by atoms with Gasteiger partial charge in [-0.3, -0.25) is 14.5 Å². The molecule has 6 aliphatic rings. The third kappa shape index (κ3) is 3.36. The molecule has 1 aliphatic heterocycles. The molecule has 33 heavy (non-hydrogen) atoms. The Morgan fingerprint density at radius 1 is 1.03 bits per heavy atom. The number of hydrogen-bond donors (Lipinski definition) is 2. The minimum absolute atomic E-state index is 0.119. The summed E-state index contributed by atoms with van der Waals surface area (Å²) in [6, 6.07) is 8.41. The number of nitrogens with zero attached hydrogens (tertiary/aromatic N) is 1. The first-order valence-electron chi connectivity index (χ1n) is 12.7. The molecule has 1 heterocycles. The van der Waals surface area contributed by atoms with Crippen LogP contribution >= 0.6 is 11.6 Å². The molecule has 0 aromatic heterocycles. The van der Waals surface area contributed by atoms with E-state index in [-0.39, 0.29) is 11.9 Å². The number of halogens is 1. The summed E-state index contributed by atoms with van der Waals surface area (Å²) >= 11 is 6.07.